The molecule has 7 heteroatoms. The number of hydrogen-bond donors (Lipinski definition) is 1. The number of halogens is 1. The second-order valence-electron chi connectivity index (χ2n) is 4.99. The molecule has 1 aliphatic heterocycles. The maximum Gasteiger partial charge on any atom is 0.274 e. The van der Waals surface area contributed by atoms with Crippen molar-refractivity contribution in [2.24, 2.45) is 0 Å². The molecule has 0 aliphatic carbocycles. The van der Waals surface area contributed by atoms with Gasteiger partial charge in [-0.15, -0.1) is 0 Å². The SMILES string of the molecule is CN(C)CC1CC(O)CN1C(=O)c1cncc(Cl)n1. The van der Waals surface area contributed by atoms with Crippen molar-refractivity contribution in [3.8, 4) is 0 Å². The minimum absolute atomic E-state index is 0.0155. The molecule has 2 heterocycles. The number of β-amino-alcohol motifs (C(OH)–C–C–N with tert-alkyl or cyclic N) is 1. The number of amides is 1. The molecule has 0 bridgehead atoms. The molecule has 2 rings (SSSR count). The first-order valence-corrected chi connectivity index (χ1v) is 6.46. The van der Waals surface area contributed by atoms with Gasteiger partial charge in [0.05, 0.1) is 18.5 Å². The van der Waals surface area contributed by atoms with Crippen molar-refractivity contribution in [1.82, 2.24) is 19.8 Å². The van der Waals surface area contributed by atoms with Crippen LogP contribution in [0.2, 0.25) is 5.15 Å². The summed E-state index contributed by atoms with van der Waals surface area (Å²) in [5.41, 5.74) is 0.213. The van der Waals surface area contributed by atoms with Crippen molar-refractivity contribution >= 4 is 17.5 Å². The Morgan fingerprint density at radius 2 is 2.32 bits per heavy atom. The van der Waals surface area contributed by atoms with Crippen LogP contribution < -0.4 is 0 Å². The van der Waals surface area contributed by atoms with Gasteiger partial charge in [0.15, 0.2) is 0 Å². The normalized spacial score (nSPS) is 23.1. The number of likely N-dealkylation sites (tertiary alicyclic amines) is 1. The Balaban J connectivity index is 2.17. The van der Waals surface area contributed by atoms with Crippen LogP contribution in [0.1, 0.15) is 16.9 Å². The second-order valence-corrected chi connectivity index (χ2v) is 5.38. The largest absolute Gasteiger partial charge is 0.391 e. The number of nitrogens with zero attached hydrogens (tertiary/aromatic N) is 4. The molecule has 1 aliphatic rings. The molecular formula is C12H17ClN4O2. The molecular weight excluding hydrogens is 268 g/mol. The fourth-order valence-electron chi connectivity index (χ4n) is 2.33. The molecule has 1 aromatic heterocycles. The molecule has 19 heavy (non-hydrogen) atoms. The van der Waals surface area contributed by atoms with Crippen LogP contribution in [0.3, 0.4) is 0 Å². The van der Waals surface area contributed by atoms with Gasteiger partial charge in [0.1, 0.15) is 10.8 Å². The van der Waals surface area contributed by atoms with Crippen LogP contribution in [-0.4, -0.2) is 70.1 Å². The van der Waals surface area contributed by atoms with Crippen molar-refractivity contribution in [2.75, 3.05) is 27.2 Å². The smallest absolute Gasteiger partial charge is 0.274 e. The van der Waals surface area contributed by atoms with Gasteiger partial charge in [0.2, 0.25) is 0 Å². The summed E-state index contributed by atoms with van der Waals surface area (Å²) in [4.78, 5) is 23.8. The molecule has 0 aromatic carbocycles. The number of rotatable bonds is 3. The number of carbonyl (C=O) groups excluding carboxylic acids is 1. The Bertz CT molecular complexity index is 469. The maximum absolute atomic E-state index is 12.4. The van der Waals surface area contributed by atoms with Crippen LogP contribution in [0, 0.1) is 0 Å². The molecule has 1 N–H and O–H groups in total. The van der Waals surface area contributed by atoms with E-state index in [-0.39, 0.29) is 22.8 Å². The van der Waals surface area contributed by atoms with Gasteiger partial charge in [-0.05, 0) is 20.5 Å². The van der Waals surface area contributed by atoms with Crippen LogP contribution in [0.4, 0.5) is 0 Å². The van der Waals surface area contributed by atoms with E-state index in [4.69, 9.17) is 11.6 Å². The van der Waals surface area contributed by atoms with E-state index in [1.54, 1.807) is 4.90 Å². The zero-order valence-corrected chi connectivity index (χ0v) is 11.7. The van der Waals surface area contributed by atoms with Gasteiger partial charge in [-0.1, -0.05) is 11.6 Å². The van der Waals surface area contributed by atoms with Crippen LogP contribution in [0.15, 0.2) is 12.4 Å². The third-order valence-corrected chi connectivity index (χ3v) is 3.24. The van der Waals surface area contributed by atoms with Crippen molar-refractivity contribution in [2.45, 2.75) is 18.6 Å². The van der Waals surface area contributed by atoms with Crippen molar-refractivity contribution < 1.29 is 9.90 Å². The van der Waals surface area contributed by atoms with Crippen LogP contribution in [0.5, 0.6) is 0 Å². The average Bonchev–Trinajstić information content (AvgIpc) is 2.68. The van der Waals surface area contributed by atoms with Gasteiger partial charge >= 0.3 is 0 Å². The summed E-state index contributed by atoms with van der Waals surface area (Å²) in [6.07, 6.45) is 2.87. The van der Waals surface area contributed by atoms with E-state index in [9.17, 15) is 9.90 Å². The minimum Gasteiger partial charge on any atom is -0.391 e. The van der Waals surface area contributed by atoms with E-state index >= 15 is 0 Å². The molecule has 6 nitrogen and oxygen atoms in total. The predicted molar refractivity (Wildman–Crippen MR) is 71.0 cm³/mol. The summed E-state index contributed by atoms with van der Waals surface area (Å²) in [6, 6.07) is -0.0155. The van der Waals surface area contributed by atoms with Crippen LogP contribution in [0.25, 0.3) is 0 Å². The Morgan fingerprint density at radius 3 is 2.95 bits per heavy atom. The molecule has 0 radical (unpaired) electrons. The Hall–Kier alpha value is -1.24. The lowest BCUT2D eigenvalue weighted by Gasteiger charge is -2.26. The van der Waals surface area contributed by atoms with Crippen molar-refractivity contribution in [3.63, 3.8) is 0 Å². The van der Waals surface area contributed by atoms with Crippen molar-refractivity contribution in [1.29, 1.82) is 0 Å². The number of likely N-dealkylation sites (N-methyl/N-ethyl adjacent to an activating group) is 1. The third kappa shape index (κ3) is 3.40. The highest BCUT2D eigenvalue weighted by Crippen LogP contribution is 2.20. The molecule has 0 spiro atoms. The van der Waals surface area contributed by atoms with Gasteiger partial charge < -0.3 is 14.9 Å². The minimum atomic E-state index is -0.485. The summed E-state index contributed by atoms with van der Waals surface area (Å²) in [5.74, 6) is -0.238. The highest BCUT2D eigenvalue weighted by Gasteiger charge is 2.35. The number of aromatic nitrogens is 2. The molecule has 1 saturated heterocycles. The Labute approximate surface area is 117 Å². The summed E-state index contributed by atoms with van der Waals surface area (Å²) in [5, 5.41) is 9.95. The first kappa shape index (κ1) is 14.2. The molecule has 1 amide bonds. The first-order valence-electron chi connectivity index (χ1n) is 6.08. The van der Waals surface area contributed by atoms with E-state index in [0.717, 1.165) is 0 Å². The summed E-state index contributed by atoms with van der Waals surface area (Å²) >= 11 is 5.74. The number of aliphatic hydroxyl groups excluding tert-OH is 1. The lowest BCUT2D eigenvalue weighted by molar-refractivity contribution is 0.0692. The fraction of sp³-hybridized carbons (Fsp3) is 0.583. The monoisotopic (exact) mass is 284 g/mol. The molecule has 1 aromatic rings. The number of aliphatic hydroxyl groups is 1. The predicted octanol–water partition coefficient (Wildman–Crippen LogP) is 0.267. The fourth-order valence-corrected chi connectivity index (χ4v) is 2.48. The number of hydrogen-bond acceptors (Lipinski definition) is 5. The quantitative estimate of drug-likeness (QED) is 0.863. The lowest BCUT2D eigenvalue weighted by Crippen LogP contribution is -2.41. The van der Waals surface area contributed by atoms with E-state index in [1.807, 2.05) is 19.0 Å². The van der Waals surface area contributed by atoms with Gasteiger partial charge in [0.25, 0.3) is 5.91 Å². The average molecular weight is 285 g/mol. The molecule has 104 valence electrons. The summed E-state index contributed by atoms with van der Waals surface area (Å²) in [7, 11) is 3.87. The number of carbonyl (C=O) groups is 1. The molecule has 0 saturated carbocycles. The van der Waals surface area contributed by atoms with Gasteiger partial charge in [-0.25, -0.2) is 4.98 Å². The molecule has 2 atom stereocenters. The summed E-state index contributed by atoms with van der Waals surface area (Å²) in [6.45, 7) is 1.03. The third-order valence-electron chi connectivity index (χ3n) is 3.05. The van der Waals surface area contributed by atoms with Crippen LogP contribution in [-0.2, 0) is 0 Å². The first-order chi connectivity index (χ1) is 8.97. The molecule has 2 unspecified atom stereocenters. The standard InChI is InChI=1S/C12H17ClN4O2/c1-16(2)6-8-3-9(18)7-17(8)12(19)10-4-14-5-11(13)15-10/h4-5,8-9,18H,3,6-7H2,1-2H3. The van der Waals surface area contributed by atoms with Crippen molar-refractivity contribution in [3.05, 3.63) is 23.2 Å². The molecule has 1 fully saturated rings. The van der Waals surface area contributed by atoms with E-state index in [2.05, 4.69) is 9.97 Å². The van der Waals surface area contributed by atoms with E-state index in [1.165, 1.54) is 12.4 Å². The van der Waals surface area contributed by atoms with Gasteiger partial charge in [0, 0.05) is 19.1 Å². The Kier molecular flexibility index (Phi) is 4.34. The summed E-state index contributed by atoms with van der Waals surface area (Å²) < 4.78 is 0. The highest BCUT2D eigenvalue weighted by atomic mass is 35.5. The maximum atomic E-state index is 12.4. The van der Waals surface area contributed by atoms with E-state index in [0.29, 0.717) is 19.5 Å². The van der Waals surface area contributed by atoms with Gasteiger partial charge in [-0.2, -0.15) is 0 Å². The second kappa shape index (κ2) is 5.81. The zero-order chi connectivity index (χ0) is 14.0. The topological polar surface area (TPSA) is 69.6 Å². The van der Waals surface area contributed by atoms with Gasteiger partial charge in [-0.3, -0.25) is 9.78 Å². The highest BCUT2D eigenvalue weighted by molar-refractivity contribution is 6.29. The van der Waals surface area contributed by atoms with Crippen LogP contribution >= 0.6 is 11.6 Å². The zero-order valence-electron chi connectivity index (χ0n) is 11.0. The Morgan fingerprint density at radius 1 is 1.58 bits per heavy atom. The van der Waals surface area contributed by atoms with E-state index < -0.39 is 6.10 Å². The lowest BCUT2D eigenvalue weighted by atomic mass is 10.2.